The van der Waals surface area contributed by atoms with Crippen LogP contribution < -0.4 is 0 Å². The van der Waals surface area contributed by atoms with Crippen LogP contribution in [-0.4, -0.2) is 24.5 Å². The van der Waals surface area contributed by atoms with E-state index in [1.807, 2.05) is 0 Å². The van der Waals surface area contributed by atoms with Crippen LogP contribution in [0.1, 0.15) is 32.8 Å². The summed E-state index contributed by atoms with van der Waals surface area (Å²) < 4.78 is 0. The molecule has 2 rings (SSSR count). The normalized spacial score (nSPS) is 21.8. The molecule has 1 aliphatic heterocycles. The van der Waals surface area contributed by atoms with Crippen molar-refractivity contribution < 1.29 is 0 Å². The Balaban J connectivity index is 2.15. The van der Waals surface area contributed by atoms with Crippen LogP contribution in [0.15, 0.2) is 42.0 Å². The third kappa shape index (κ3) is 3.23. The van der Waals surface area contributed by atoms with E-state index in [-0.39, 0.29) is 0 Å². The Labute approximate surface area is 112 Å². The predicted octanol–water partition coefficient (Wildman–Crippen LogP) is 3.91. The number of likely N-dealkylation sites (N-methyl/N-ethyl adjacent to an activating group) is 1. The van der Waals surface area contributed by atoms with Crippen LogP contribution >= 0.6 is 0 Å². The highest BCUT2D eigenvalue weighted by Crippen LogP contribution is 2.32. The molecule has 98 valence electrons. The van der Waals surface area contributed by atoms with Gasteiger partial charge in [-0.2, -0.15) is 0 Å². The van der Waals surface area contributed by atoms with Crippen molar-refractivity contribution in [1.29, 1.82) is 0 Å². The highest BCUT2D eigenvalue weighted by molar-refractivity contribution is 5.22. The van der Waals surface area contributed by atoms with Gasteiger partial charge in [0.15, 0.2) is 0 Å². The van der Waals surface area contributed by atoms with E-state index in [2.05, 4.69) is 69.1 Å². The van der Waals surface area contributed by atoms with Crippen LogP contribution in [0.5, 0.6) is 0 Å². The fraction of sp³-hybridized carbons (Fsp3) is 0.529. The maximum atomic E-state index is 2.50. The minimum atomic E-state index is 0.316. The van der Waals surface area contributed by atoms with Crippen molar-refractivity contribution in [3.63, 3.8) is 0 Å². The monoisotopic (exact) mass is 243 g/mol. The number of hydrogen-bond acceptors (Lipinski definition) is 1. The second kappa shape index (κ2) is 5.27. The molecule has 1 atom stereocenters. The molecular formula is C17H25N. The van der Waals surface area contributed by atoms with E-state index in [1.54, 1.807) is 5.57 Å². The smallest absolute Gasteiger partial charge is 0.0318 e. The molecule has 1 nitrogen and oxygen atoms in total. The molecule has 0 spiro atoms. The van der Waals surface area contributed by atoms with Gasteiger partial charge in [-0.3, -0.25) is 4.90 Å². The highest BCUT2D eigenvalue weighted by Gasteiger charge is 2.25. The largest absolute Gasteiger partial charge is 0.299 e. The van der Waals surface area contributed by atoms with Crippen LogP contribution in [0.4, 0.5) is 0 Å². The van der Waals surface area contributed by atoms with E-state index in [0.717, 1.165) is 6.42 Å². The maximum absolute atomic E-state index is 2.50. The first kappa shape index (κ1) is 13.4. The topological polar surface area (TPSA) is 3.24 Å². The first-order valence-corrected chi connectivity index (χ1v) is 6.92. The lowest BCUT2D eigenvalue weighted by Crippen LogP contribution is -2.38. The minimum Gasteiger partial charge on any atom is -0.299 e. The van der Waals surface area contributed by atoms with Gasteiger partial charge in [0, 0.05) is 12.6 Å². The molecule has 0 radical (unpaired) electrons. The van der Waals surface area contributed by atoms with Crippen LogP contribution in [0.2, 0.25) is 0 Å². The van der Waals surface area contributed by atoms with E-state index in [0.29, 0.717) is 11.5 Å². The van der Waals surface area contributed by atoms with Crippen molar-refractivity contribution in [2.75, 3.05) is 13.6 Å². The Hall–Kier alpha value is -1.08. The van der Waals surface area contributed by atoms with E-state index in [9.17, 15) is 0 Å². The van der Waals surface area contributed by atoms with Gasteiger partial charge in [-0.25, -0.2) is 0 Å². The van der Waals surface area contributed by atoms with Gasteiger partial charge in [0.05, 0.1) is 0 Å². The molecule has 0 aromatic heterocycles. The van der Waals surface area contributed by atoms with E-state index >= 15 is 0 Å². The van der Waals surface area contributed by atoms with Crippen molar-refractivity contribution >= 4 is 0 Å². The molecule has 1 aromatic carbocycles. The van der Waals surface area contributed by atoms with Crippen LogP contribution in [0.25, 0.3) is 0 Å². The Morgan fingerprint density at radius 1 is 1.17 bits per heavy atom. The van der Waals surface area contributed by atoms with Crippen molar-refractivity contribution in [3.05, 3.63) is 47.5 Å². The second-order valence-electron chi connectivity index (χ2n) is 6.43. The molecule has 1 heterocycles. The molecule has 0 unspecified atom stereocenters. The van der Waals surface area contributed by atoms with E-state index in [4.69, 9.17) is 0 Å². The summed E-state index contributed by atoms with van der Waals surface area (Å²) in [6, 6.07) is 11.4. The SMILES string of the molecule is CN1CCC(C(C)(C)C)=C[C@@H]1Cc1ccccc1. The third-order valence-corrected chi connectivity index (χ3v) is 3.94. The average molecular weight is 243 g/mol. The minimum absolute atomic E-state index is 0.316. The fourth-order valence-corrected chi connectivity index (χ4v) is 2.60. The molecule has 0 N–H and O–H groups in total. The van der Waals surface area contributed by atoms with Gasteiger partial charge in [-0.15, -0.1) is 0 Å². The van der Waals surface area contributed by atoms with Crippen molar-refractivity contribution in [3.8, 4) is 0 Å². The molecule has 0 bridgehead atoms. The molecule has 0 aliphatic carbocycles. The summed E-state index contributed by atoms with van der Waals surface area (Å²) in [5, 5.41) is 0. The number of rotatable bonds is 2. The molecule has 1 aliphatic rings. The zero-order valence-electron chi connectivity index (χ0n) is 12.1. The Morgan fingerprint density at radius 2 is 1.83 bits per heavy atom. The van der Waals surface area contributed by atoms with E-state index < -0.39 is 0 Å². The zero-order valence-corrected chi connectivity index (χ0v) is 12.1. The third-order valence-electron chi connectivity index (χ3n) is 3.94. The standard InChI is InChI=1S/C17H25N/c1-17(2,3)15-10-11-18(4)16(13-15)12-14-8-6-5-7-9-14/h5-9,13,16H,10-12H2,1-4H3/t16-/m0/s1. The molecule has 1 aromatic rings. The van der Waals surface area contributed by atoms with E-state index in [1.165, 1.54) is 18.5 Å². The lowest BCUT2D eigenvalue weighted by Gasteiger charge is -2.36. The van der Waals surface area contributed by atoms with Crippen molar-refractivity contribution in [1.82, 2.24) is 4.90 Å². The lowest BCUT2D eigenvalue weighted by molar-refractivity contribution is 0.254. The number of hydrogen-bond donors (Lipinski definition) is 0. The molecule has 0 fully saturated rings. The van der Waals surface area contributed by atoms with Gasteiger partial charge in [-0.1, -0.05) is 62.8 Å². The van der Waals surface area contributed by atoms with Crippen LogP contribution in [-0.2, 0) is 6.42 Å². The summed E-state index contributed by atoms with van der Waals surface area (Å²) >= 11 is 0. The number of benzene rings is 1. The Bertz CT molecular complexity index is 411. The van der Waals surface area contributed by atoms with Gasteiger partial charge < -0.3 is 0 Å². The first-order valence-electron chi connectivity index (χ1n) is 6.92. The Morgan fingerprint density at radius 3 is 2.44 bits per heavy atom. The number of nitrogens with zero attached hydrogens (tertiary/aromatic N) is 1. The van der Waals surface area contributed by atoms with Gasteiger partial charge in [0.2, 0.25) is 0 Å². The van der Waals surface area contributed by atoms with Crippen molar-refractivity contribution in [2.45, 2.75) is 39.7 Å². The van der Waals surface area contributed by atoms with Gasteiger partial charge in [0.1, 0.15) is 0 Å². The van der Waals surface area contributed by atoms with Gasteiger partial charge >= 0.3 is 0 Å². The summed E-state index contributed by atoms with van der Waals surface area (Å²) in [5.41, 5.74) is 3.36. The summed E-state index contributed by atoms with van der Waals surface area (Å²) in [5.74, 6) is 0. The summed E-state index contributed by atoms with van der Waals surface area (Å²) in [6.45, 7) is 8.15. The second-order valence-corrected chi connectivity index (χ2v) is 6.43. The fourth-order valence-electron chi connectivity index (χ4n) is 2.60. The quantitative estimate of drug-likeness (QED) is 0.712. The van der Waals surface area contributed by atoms with Crippen LogP contribution in [0, 0.1) is 5.41 Å². The van der Waals surface area contributed by atoms with Crippen LogP contribution in [0.3, 0.4) is 0 Å². The molecular weight excluding hydrogens is 218 g/mol. The maximum Gasteiger partial charge on any atom is 0.0318 e. The highest BCUT2D eigenvalue weighted by atomic mass is 15.1. The average Bonchev–Trinajstić information content (AvgIpc) is 2.32. The molecule has 0 amide bonds. The molecule has 1 heteroatoms. The summed E-state index contributed by atoms with van der Waals surface area (Å²) in [6.07, 6.45) is 4.83. The lowest BCUT2D eigenvalue weighted by atomic mass is 9.81. The Kier molecular flexibility index (Phi) is 3.91. The van der Waals surface area contributed by atoms with Gasteiger partial charge in [-0.05, 0) is 30.9 Å². The molecule has 0 saturated carbocycles. The molecule has 18 heavy (non-hydrogen) atoms. The van der Waals surface area contributed by atoms with Gasteiger partial charge in [0.25, 0.3) is 0 Å². The summed E-state index contributed by atoms with van der Waals surface area (Å²) in [4.78, 5) is 2.47. The summed E-state index contributed by atoms with van der Waals surface area (Å²) in [7, 11) is 2.24. The predicted molar refractivity (Wildman–Crippen MR) is 78.7 cm³/mol. The zero-order chi connectivity index (χ0) is 13.2. The first-order chi connectivity index (χ1) is 8.47. The van der Waals surface area contributed by atoms with Crippen molar-refractivity contribution in [2.24, 2.45) is 5.41 Å². The molecule has 0 saturated heterocycles.